The van der Waals surface area contributed by atoms with Gasteiger partial charge >= 0.3 is 11.9 Å². The number of aromatic nitrogens is 3. The molecule has 2 aromatic heterocycles. The number of pyridine rings is 1. The molecule has 8 heteroatoms. The Morgan fingerprint density at radius 2 is 2.04 bits per heavy atom. The molecular weight excluding hydrogens is 369 g/mol. The fraction of sp³-hybridized carbons (Fsp3) is 0.400. The summed E-state index contributed by atoms with van der Waals surface area (Å²) < 4.78 is 40.6. The fourth-order valence-electron chi connectivity index (χ4n) is 3.76. The first-order valence-electron chi connectivity index (χ1n) is 9.30. The molecule has 1 aromatic carbocycles. The molecule has 1 unspecified atom stereocenters. The fourth-order valence-corrected chi connectivity index (χ4v) is 3.76. The van der Waals surface area contributed by atoms with E-state index in [9.17, 15) is 18.0 Å². The smallest absolute Gasteiger partial charge is 0.301 e. The predicted molar refractivity (Wildman–Crippen MR) is 101 cm³/mol. The van der Waals surface area contributed by atoms with E-state index >= 15 is 0 Å². The predicted octanol–water partition coefficient (Wildman–Crippen LogP) is 3.75. The first kappa shape index (κ1) is 18.7. The van der Waals surface area contributed by atoms with Crippen LogP contribution in [-0.4, -0.2) is 39.1 Å². The Morgan fingerprint density at radius 1 is 1.21 bits per heavy atom. The number of nitrogens with zero attached hydrogens (tertiary/aromatic N) is 3. The van der Waals surface area contributed by atoms with Gasteiger partial charge < -0.3 is 4.90 Å². The molecular formula is C20H21F3N4O. The van der Waals surface area contributed by atoms with E-state index in [1.807, 2.05) is 0 Å². The molecule has 0 spiro atoms. The maximum Gasteiger partial charge on any atom is 0.416 e. The third kappa shape index (κ3) is 3.69. The molecule has 148 valence electrons. The molecule has 1 saturated heterocycles. The second-order valence-electron chi connectivity index (χ2n) is 7.45. The number of fused-ring (bicyclic) bond motifs is 1. The van der Waals surface area contributed by atoms with E-state index in [0.29, 0.717) is 34.8 Å². The summed E-state index contributed by atoms with van der Waals surface area (Å²) in [5.74, 6) is 0.661. The lowest BCUT2D eigenvalue weighted by Crippen LogP contribution is -2.28. The molecule has 1 atom stereocenters. The summed E-state index contributed by atoms with van der Waals surface area (Å²) in [6.45, 7) is 5.52. The van der Waals surface area contributed by atoms with Crippen LogP contribution in [0.5, 0.6) is 0 Å². The lowest BCUT2D eigenvalue weighted by atomic mass is 10.0. The van der Waals surface area contributed by atoms with Gasteiger partial charge in [-0.1, -0.05) is 19.1 Å². The molecule has 4 rings (SSSR count). The van der Waals surface area contributed by atoms with Gasteiger partial charge in [-0.2, -0.15) is 13.2 Å². The van der Waals surface area contributed by atoms with Crippen LogP contribution in [-0.2, 0) is 12.7 Å². The van der Waals surface area contributed by atoms with Crippen molar-refractivity contribution in [3.05, 3.63) is 52.6 Å². The van der Waals surface area contributed by atoms with Gasteiger partial charge in [-0.05, 0) is 42.6 Å². The first-order chi connectivity index (χ1) is 13.3. The number of likely N-dealkylation sites (tertiary alicyclic amines) is 1. The third-order valence-corrected chi connectivity index (χ3v) is 5.30. The first-order valence-corrected chi connectivity index (χ1v) is 9.30. The van der Waals surface area contributed by atoms with E-state index in [-0.39, 0.29) is 5.69 Å². The minimum Gasteiger partial charge on any atom is -0.301 e. The molecule has 1 aliphatic rings. The third-order valence-electron chi connectivity index (χ3n) is 5.30. The van der Waals surface area contributed by atoms with Crippen molar-refractivity contribution in [1.29, 1.82) is 0 Å². The van der Waals surface area contributed by atoms with E-state index in [1.165, 1.54) is 12.3 Å². The number of nitrogens with one attached hydrogen (secondary N) is 1. The van der Waals surface area contributed by atoms with Gasteiger partial charge in [0.15, 0.2) is 5.65 Å². The highest BCUT2D eigenvalue weighted by atomic mass is 19.4. The Bertz CT molecular complexity index is 1050. The molecule has 28 heavy (non-hydrogen) atoms. The van der Waals surface area contributed by atoms with Crippen LogP contribution in [0.4, 0.5) is 13.2 Å². The van der Waals surface area contributed by atoms with Crippen LogP contribution in [0.1, 0.15) is 18.9 Å². The Morgan fingerprint density at radius 3 is 2.75 bits per heavy atom. The van der Waals surface area contributed by atoms with Crippen molar-refractivity contribution in [3.8, 4) is 11.1 Å². The van der Waals surface area contributed by atoms with Gasteiger partial charge in [0.25, 0.3) is 0 Å². The zero-order valence-electron chi connectivity index (χ0n) is 15.5. The molecule has 1 aliphatic heterocycles. The number of aromatic amines is 1. The van der Waals surface area contributed by atoms with Crippen molar-refractivity contribution in [2.75, 3.05) is 19.6 Å². The molecule has 1 N–H and O–H groups in total. The summed E-state index contributed by atoms with van der Waals surface area (Å²) in [5.41, 5.74) is 1.04. The standard InChI is InChI=1S/C20H21F3N4O/c1-13-5-6-26(12-13)7-8-27-17-10-15(11-24-18(17)25-19(27)28)14-3-2-4-16(9-14)20(21,22)23/h2-4,9-11,13H,5-8,12H2,1H3,(H,24,25,28). The SMILES string of the molecule is CC1CCN(CCn2c(=O)[nH]c3ncc(-c4cccc(C(F)(F)F)c4)cc32)C1. The van der Waals surface area contributed by atoms with E-state index in [4.69, 9.17) is 0 Å². The highest BCUT2D eigenvalue weighted by Crippen LogP contribution is 2.32. The van der Waals surface area contributed by atoms with Gasteiger partial charge in [0, 0.05) is 31.4 Å². The van der Waals surface area contributed by atoms with E-state index in [2.05, 4.69) is 21.8 Å². The highest BCUT2D eigenvalue weighted by molar-refractivity contribution is 5.78. The average molecular weight is 390 g/mol. The van der Waals surface area contributed by atoms with Crippen molar-refractivity contribution < 1.29 is 13.2 Å². The summed E-state index contributed by atoms with van der Waals surface area (Å²) >= 11 is 0. The molecule has 5 nitrogen and oxygen atoms in total. The summed E-state index contributed by atoms with van der Waals surface area (Å²) in [4.78, 5) is 21.6. The molecule has 0 amide bonds. The second-order valence-corrected chi connectivity index (χ2v) is 7.45. The van der Waals surface area contributed by atoms with Gasteiger partial charge in [0.2, 0.25) is 0 Å². The number of halogens is 3. The number of imidazole rings is 1. The summed E-state index contributed by atoms with van der Waals surface area (Å²) in [6.07, 6.45) is -1.76. The van der Waals surface area contributed by atoms with E-state index in [1.54, 1.807) is 16.7 Å². The molecule has 0 saturated carbocycles. The second kappa shape index (κ2) is 7.09. The summed E-state index contributed by atoms with van der Waals surface area (Å²) in [6, 6.07) is 6.85. The van der Waals surface area contributed by atoms with Crippen LogP contribution in [0.15, 0.2) is 41.3 Å². The maximum absolute atomic E-state index is 13.0. The van der Waals surface area contributed by atoms with Crippen molar-refractivity contribution in [2.24, 2.45) is 5.92 Å². The number of rotatable bonds is 4. The lowest BCUT2D eigenvalue weighted by molar-refractivity contribution is -0.137. The maximum atomic E-state index is 13.0. The highest BCUT2D eigenvalue weighted by Gasteiger charge is 2.30. The quantitative estimate of drug-likeness (QED) is 0.738. The summed E-state index contributed by atoms with van der Waals surface area (Å²) in [7, 11) is 0. The monoisotopic (exact) mass is 390 g/mol. The minimum absolute atomic E-state index is 0.254. The molecule has 1 fully saturated rings. The lowest BCUT2D eigenvalue weighted by Gasteiger charge is -2.15. The number of benzene rings is 1. The molecule has 0 radical (unpaired) electrons. The Kier molecular flexibility index (Phi) is 4.74. The zero-order valence-corrected chi connectivity index (χ0v) is 15.5. The molecule has 3 heterocycles. The van der Waals surface area contributed by atoms with Crippen LogP contribution >= 0.6 is 0 Å². The molecule has 3 aromatic rings. The molecule has 0 aliphatic carbocycles. The van der Waals surface area contributed by atoms with Crippen molar-refractivity contribution in [2.45, 2.75) is 26.1 Å². The number of hydrogen-bond acceptors (Lipinski definition) is 3. The number of H-pyrrole nitrogens is 1. The Labute approximate surface area is 159 Å². The topological polar surface area (TPSA) is 53.9 Å². The number of hydrogen-bond donors (Lipinski definition) is 1. The molecule has 0 bridgehead atoms. The van der Waals surface area contributed by atoms with E-state index < -0.39 is 11.7 Å². The van der Waals surface area contributed by atoms with Crippen molar-refractivity contribution in [3.63, 3.8) is 0 Å². The minimum atomic E-state index is -4.41. The van der Waals surface area contributed by atoms with Gasteiger partial charge in [0.05, 0.1) is 11.1 Å². The van der Waals surface area contributed by atoms with Gasteiger partial charge in [-0.25, -0.2) is 9.78 Å². The van der Waals surface area contributed by atoms with Crippen LogP contribution in [0, 0.1) is 5.92 Å². The largest absolute Gasteiger partial charge is 0.416 e. The Balaban J connectivity index is 1.66. The Hall–Kier alpha value is -2.61. The van der Waals surface area contributed by atoms with Crippen molar-refractivity contribution in [1.82, 2.24) is 19.4 Å². The van der Waals surface area contributed by atoms with Crippen LogP contribution < -0.4 is 5.69 Å². The average Bonchev–Trinajstić information content (AvgIpc) is 3.21. The van der Waals surface area contributed by atoms with Gasteiger partial charge in [-0.15, -0.1) is 0 Å². The van der Waals surface area contributed by atoms with Crippen molar-refractivity contribution >= 4 is 11.2 Å². The van der Waals surface area contributed by atoms with Crippen LogP contribution in [0.2, 0.25) is 0 Å². The zero-order chi connectivity index (χ0) is 19.9. The van der Waals surface area contributed by atoms with Crippen LogP contribution in [0.25, 0.3) is 22.3 Å². The summed E-state index contributed by atoms with van der Waals surface area (Å²) in [5, 5.41) is 0. The number of alkyl halides is 3. The van der Waals surface area contributed by atoms with Crippen LogP contribution in [0.3, 0.4) is 0 Å². The van der Waals surface area contributed by atoms with Gasteiger partial charge in [-0.3, -0.25) is 9.55 Å². The normalized spacial score (nSPS) is 18.2. The van der Waals surface area contributed by atoms with Gasteiger partial charge in [0.1, 0.15) is 0 Å². The van der Waals surface area contributed by atoms with E-state index in [0.717, 1.165) is 38.2 Å².